The highest BCUT2D eigenvalue weighted by Gasteiger charge is 2.19. The summed E-state index contributed by atoms with van der Waals surface area (Å²) < 4.78 is 4.55. The Kier molecular flexibility index (Phi) is 2.52. The molecular formula is C9H7N7O3. The van der Waals surface area contributed by atoms with Gasteiger partial charge in [-0.1, -0.05) is 0 Å². The minimum Gasteiger partial charge on any atom is -0.376 e. The predicted molar refractivity (Wildman–Crippen MR) is 62.2 cm³/mol. The Morgan fingerprint density at radius 3 is 2.95 bits per heavy atom. The van der Waals surface area contributed by atoms with Crippen molar-refractivity contribution in [1.29, 1.82) is 0 Å². The van der Waals surface area contributed by atoms with Crippen molar-refractivity contribution >= 4 is 22.4 Å². The van der Waals surface area contributed by atoms with Crippen molar-refractivity contribution in [2.45, 2.75) is 6.54 Å². The molecule has 1 aromatic carbocycles. The van der Waals surface area contributed by atoms with E-state index in [9.17, 15) is 10.1 Å². The summed E-state index contributed by atoms with van der Waals surface area (Å²) in [6.45, 7) is 0.375. The second kappa shape index (κ2) is 4.33. The molecule has 0 aliphatic rings. The summed E-state index contributed by atoms with van der Waals surface area (Å²) in [5, 5.41) is 27.4. The third-order valence-corrected chi connectivity index (χ3v) is 2.50. The van der Waals surface area contributed by atoms with Gasteiger partial charge in [0, 0.05) is 6.07 Å². The molecule has 0 saturated carbocycles. The van der Waals surface area contributed by atoms with Crippen molar-refractivity contribution in [2.24, 2.45) is 0 Å². The van der Waals surface area contributed by atoms with Gasteiger partial charge in [-0.2, -0.15) is 5.10 Å². The average Bonchev–Trinajstić information content (AvgIpc) is 3.06. The molecule has 0 aliphatic heterocycles. The minimum absolute atomic E-state index is 0.104. The first-order valence-electron chi connectivity index (χ1n) is 5.23. The monoisotopic (exact) mass is 261 g/mol. The van der Waals surface area contributed by atoms with Crippen LogP contribution in [0.5, 0.6) is 0 Å². The van der Waals surface area contributed by atoms with Crippen LogP contribution in [0, 0.1) is 10.1 Å². The summed E-state index contributed by atoms with van der Waals surface area (Å²) in [7, 11) is 0. The quantitative estimate of drug-likeness (QED) is 0.521. The molecule has 96 valence electrons. The molecule has 2 aromatic heterocycles. The number of hydrogen-bond donors (Lipinski definition) is 2. The Morgan fingerprint density at radius 1 is 1.37 bits per heavy atom. The zero-order valence-electron chi connectivity index (χ0n) is 9.40. The van der Waals surface area contributed by atoms with Gasteiger partial charge >= 0.3 is 5.69 Å². The molecule has 0 bridgehead atoms. The van der Waals surface area contributed by atoms with Gasteiger partial charge in [0.25, 0.3) is 0 Å². The molecule has 0 atom stereocenters. The van der Waals surface area contributed by atoms with Crippen LogP contribution in [0.4, 0.5) is 11.4 Å². The third-order valence-electron chi connectivity index (χ3n) is 2.50. The number of benzene rings is 1. The predicted octanol–water partition coefficient (Wildman–Crippen LogP) is 0.861. The van der Waals surface area contributed by atoms with Crippen LogP contribution in [0.3, 0.4) is 0 Å². The standard InChI is InChI=1S/C9H7N7O3/c17-16(18)6-2-1-5(8-9(6)15-19-14-8)10-3-7-11-4-12-13-7/h1-2,4,10H,3H2,(H,11,12,13). The van der Waals surface area contributed by atoms with Crippen molar-refractivity contribution in [1.82, 2.24) is 25.5 Å². The lowest BCUT2D eigenvalue weighted by Crippen LogP contribution is -2.02. The number of anilines is 1. The highest BCUT2D eigenvalue weighted by Crippen LogP contribution is 2.28. The summed E-state index contributed by atoms with van der Waals surface area (Å²) in [6.07, 6.45) is 1.39. The zero-order chi connectivity index (χ0) is 13.2. The maximum absolute atomic E-state index is 10.8. The zero-order valence-corrected chi connectivity index (χ0v) is 9.40. The van der Waals surface area contributed by atoms with E-state index in [0.717, 1.165) is 0 Å². The lowest BCUT2D eigenvalue weighted by molar-refractivity contribution is -0.383. The van der Waals surface area contributed by atoms with Gasteiger partial charge in [0.1, 0.15) is 12.2 Å². The van der Waals surface area contributed by atoms with Crippen LogP contribution in [0.25, 0.3) is 11.0 Å². The summed E-state index contributed by atoms with van der Waals surface area (Å²) >= 11 is 0. The second-order valence-corrected chi connectivity index (χ2v) is 3.64. The van der Waals surface area contributed by atoms with E-state index in [1.54, 1.807) is 6.07 Å². The van der Waals surface area contributed by atoms with E-state index in [1.807, 2.05) is 0 Å². The average molecular weight is 261 g/mol. The summed E-state index contributed by atoms with van der Waals surface area (Å²) in [6, 6.07) is 2.89. The molecule has 3 aromatic rings. The van der Waals surface area contributed by atoms with Gasteiger partial charge in [0.2, 0.25) is 5.52 Å². The maximum atomic E-state index is 10.8. The molecule has 0 fully saturated rings. The number of nitrogens with zero attached hydrogens (tertiary/aromatic N) is 5. The molecule has 10 heteroatoms. The normalized spacial score (nSPS) is 10.7. The topological polar surface area (TPSA) is 136 Å². The summed E-state index contributed by atoms with van der Waals surface area (Å²) in [5.41, 5.74) is 0.820. The van der Waals surface area contributed by atoms with E-state index in [0.29, 0.717) is 23.6 Å². The van der Waals surface area contributed by atoms with Crippen molar-refractivity contribution in [3.63, 3.8) is 0 Å². The first kappa shape index (κ1) is 11.1. The number of fused-ring (bicyclic) bond motifs is 1. The van der Waals surface area contributed by atoms with Crippen LogP contribution in [-0.2, 0) is 6.54 Å². The fraction of sp³-hybridized carbons (Fsp3) is 0.111. The molecule has 10 nitrogen and oxygen atoms in total. The van der Waals surface area contributed by atoms with Crippen molar-refractivity contribution in [3.8, 4) is 0 Å². The van der Waals surface area contributed by atoms with E-state index >= 15 is 0 Å². The SMILES string of the molecule is O=[N+]([O-])c1ccc(NCc2ncn[nH]2)c2nonc12. The van der Waals surface area contributed by atoms with Crippen molar-refractivity contribution < 1.29 is 9.55 Å². The van der Waals surface area contributed by atoms with Crippen molar-refractivity contribution in [3.05, 3.63) is 34.4 Å². The summed E-state index contributed by atoms with van der Waals surface area (Å²) in [4.78, 5) is 14.2. The molecule has 0 aliphatic carbocycles. The number of nitro benzene ring substituents is 1. The number of rotatable bonds is 4. The number of aromatic nitrogens is 5. The molecular weight excluding hydrogens is 254 g/mol. The van der Waals surface area contributed by atoms with Gasteiger partial charge in [-0.25, -0.2) is 9.61 Å². The fourth-order valence-corrected chi connectivity index (χ4v) is 1.64. The van der Waals surface area contributed by atoms with E-state index in [2.05, 4.69) is 35.4 Å². The molecule has 0 amide bonds. The molecule has 0 radical (unpaired) electrons. The Bertz CT molecular complexity index is 721. The van der Waals surface area contributed by atoms with E-state index in [-0.39, 0.29) is 11.2 Å². The third kappa shape index (κ3) is 1.94. The van der Waals surface area contributed by atoms with Crippen LogP contribution in [0.1, 0.15) is 5.82 Å². The molecule has 0 unspecified atom stereocenters. The summed E-state index contributed by atoms with van der Waals surface area (Å²) in [5.74, 6) is 0.628. The Hall–Kier alpha value is -3.04. The first-order chi connectivity index (χ1) is 9.25. The molecule has 2 heterocycles. The number of non-ortho nitro benzene ring substituents is 1. The first-order valence-corrected chi connectivity index (χ1v) is 5.23. The van der Waals surface area contributed by atoms with E-state index in [4.69, 9.17) is 0 Å². The maximum Gasteiger partial charge on any atom is 0.300 e. The van der Waals surface area contributed by atoms with E-state index in [1.165, 1.54) is 12.4 Å². The molecule has 3 rings (SSSR count). The van der Waals surface area contributed by atoms with Crippen molar-refractivity contribution in [2.75, 3.05) is 5.32 Å². The number of aromatic amines is 1. The largest absolute Gasteiger partial charge is 0.376 e. The minimum atomic E-state index is -0.535. The van der Waals surface area contributed by atoms with Gasteiger partial charge in [-0.05, 0) is 16.4 Å². The number of nitro groups is 1. The van der Waals surface area contributed by atoms with E-state index < -0.39 is 4.92 Å². The van der Waals surface area contributed by atoms with Crippen LogP contribution in [0.15, 0.2) is 23.1 Å². The van der Waals surface area contributed by atoms with Gasteiger partial charge in [0.15, 0.2) is 5.52 Å². The molecule has 0 spiro atoms. The van der Waals surface area contributed by atoms with Crippen LogP contribution in [-0.4, -0.2) is 30.4 Å². The van der Waals surface area contributed by atoms with Crippen LogP contribution < -0.4 is 5.32 Å². The van der Waals surface area contributed by atoms with Gasteiger partial charge in [-0.15, -0.1) is 0 Å². The molecule has 0 saturated heterocycles. The highest BCUT2D eigenvalue weighted by atomic mass is 16.6. The number of hydrogen-bond acceptors (Lipinski definition) is 8. The Labute approximate surface area is 104 Å². The highest BCUT2D eigenvalue weighted by molar-refractivity contribution is 5.93. The van der Waals surface area contributed by atoms with Crippen LogP contribution >= 0.6 is 0 Å². The number of H-pyrrole nitrogens is 1. The second-order valence-electron chi connectivity index (χ2n) is 3.64. The van der Waals surface area contributed by atoms with Gasteiger partial charge < -0.3 is 5.32 Å². The van der Waals surface area contributed by atoms with Gasteiger partial charge in [-0.3, -0.25) is 15.2 Å². The molecule has 2 N–H and O–H groups in total. The lowest BCUT2D eigenvalue weighted by atomic mass is 10.2. The Balaban J connectivity index is 1.94. The lowest BCUT2D eigenvalue weighted by Gasteiger charge is -2.03. The number of nitrogens with one attached hydrogen (secondary N) is 2. The fourth-order valence-electron chi connectivity index (χ4n) is 1.64. The van der Waals surface area contributed by atoms with Crippen LogP contribution in [0.2, 0.25) is 0 Å². The molecule has 19 heavy (non-hydrogen) atoms. The smallest absolute Gasteiger partial charge is 0.300 e. The Morgan fingerprint density at radius 2 is 2.21 bits per heavy atom. The van der Waals surface area contributed by atoms with Gasteiger partial charge in [0.05, 0.1) is 17.2 Å².